The second-order valence-corrected chi connectivity index (χ2v) is 16.3. The van der Waals surface area contributed by atoms with Crippen molar-refractivity contribution in [2.75, 3.05) is 32.8 Å². The second-order valence-electron chi connectivity index (χ2n) is 16.3. The molecule has 0 aliphatic heterocycles. The topological polar surface area (TPSA) is 95.9 Å². The maximum atomic E-state index is 12.5. The smallest absolute Gasteiger partial charge is 0.317 e. The van der Waals surface area contributed by atoms with Crippen molar-refractivity contribution in [3.8, 4) is 0 Å². The fourth-order valence-corrected chi connectivity index (χ4v) is 10.4. The standard InChI is InChI=1S/C38H64N2O5/c1-26(2)9-7-10-27(3)33-14-15-34-32-13-12-29-23-31(16-18-37(29,5)35(32)17-19-38(33,34)6)45-22-21-40(25-36(43)44)24-30(42)11-8-20-39-28(4)41/h12,26-27,31-35H,7-11,13-25H2,1-6H3,(H,39,41)(H,43,44)/t27-,31+,32?,33-,34?,35?,37+,38-/m1/s1. The van der Waals surface area contributed by atoms with Crippen molar-refractivity contribution in [3.63, 3.8) is 0 Å². The SMILES string of the molecule is CC(=O)NCCCC(=O)CN(CCO[C@H]1CC[C@@]2(C)C(=CCC3C2CC[C@@]2(C)C3CC[C@@H]2[C@H](C)CCCC(C)C)C1)CC(=O)O. The number of ketones is 1. The van der Waals surface area contributed by atoms with Crippen molar-refractivity contribution < 1.29 is 24.2 Å². The molecule has 0 aromatic rings. The van der Waals surface area contributed by atoms with Gasteiger partial charge >= 0.3 is 5.97 Å². The Kier molecular flexibility index (Phi) is 12.8. The van der Waals surface area contributed by atoms with Gasteiger partial charge in [-0.1, -0.05) is 65.5 Å². The van der Waals surface area contributed by atoms with Gasteiger partial charge in [-0.15, -0.1) is 0 Å². The largest absolute Gasteiger partial charge is 0.480 e. The number of rotatable bonds is 17. The highest BCUT2D eigenvalue weighted by Gasteiger charge is 2.59. The summed E-state index contributed by atoms with van der Waals surface area (Å²) < 4.78 is 6.37. The van der Waals surface area contributed by atoms with Crippen molar-refractivity contribution in [2.45, 2.75) is 131 Å². The number of carbonyl (C=O) groups is 3. The summed E-state index contributed by atoms with van der Waals surface area (Å²) in [5.41, 5.74) is 2.40. The summed E-state index contributed by atoms with van der Waals surface area (Å²) in [7, 11) is 0. The summed E-state index contributed by atoms with van der Waals surface area (Å²) in [6.45, 7) is 15.2. The van der Waals surface area contributed by atoms with Crippen LogP contribution in [-0.2, 0) is 19.1 Å². The van der Waals surface area contributed by atoms with Gasteiger partial charge in [-0.2, -0.15) is 0 Å². The Balaban J connectivity index is 1.28. The van der Waals surface area contributed by atoms with Crippen LogP contribution in [0.5, 0.6) is 0 Å². The molecule has 256 valence electrons. The molecule has 7 heteroatoms. The van der Waals surface area contributed by atoms with Crippen LogP contribution in [0.2, 0.25) is 0 Å². The number of amides is 1. The summed E-state index contributed by atoms with van der Waals surface area (Å²) in [4.78, 5) is 36.6. The van der Waals surface area contributed by atoms with E-state index >= 15 is 0 Å². The molecular weight excluding hydrogens is 564 g/mol. The van der Waals surface area contributed by atoms with Crippen LogP contribution >= 0.6 is 0 Å². The Morgan fingerprint density at radius 2 is 1.80 bits per heavy atom. The van der Waals surface area contributed by atoms with E-state index in [1.807, 2.05) is 0 Å². The maximum Gasteiger partial charge on any atom is 0.317 e. The monoisotopic (exact) mass is 628 g/mol. The molecule has 0 saturated heterocycles. The van der Waals surface area contributed by atoms with Crippen molar-refractivity contribution in [1.29, 1.82) is 0 Å². The molecule has 1 amide bonds. The van der Waals surface area contributed by atoms with E-state index < -0.39 is 5.97 Å². The first-order valence-corrected chi connectivity index (χ1v) is 18.3. The molecule has 7 nitrogen and oxygen atoms in total. The van der Waals surface area contributed by atoms with Gasteiger partial charge in [0.1, 0.15) is 5.78 Å². The van der Waals surface area contributed by atoms with Crippen LogP contribution in [0.25, 0.3) is 0 Å². The van der Waals surface area contributed by atoms with E-state index in [1.54, 1.807) is 10.5 Å². The molecule has 2 N–H and O–H groups in total. The Hall–Kier alpha value is -1.73. The van der Waals surface area contributed by atoms with E-state index in [2.05, 4.69) is 46.0 Å². The number of fused-ring (bicyclic) bond motifs is 5. The number of hydrogen-bond donors (Lipinski definition) is 2. The highest BCUT2D eigenvalue weighted by Crippen LogP contribution is 2.67. The van der Waals surface area contributed by atoms with Gasteiger partial charge in [0.05, 0.1) is 25.8 Å². The fraction of sp³-hybridized carbons (Fsp3) is 0.868. The third kappa shape index (κ3) is 9.00. The molecule has 3 fully saturated rings. The Bertz CT molecular complexity index is 1060. The molecule has 4 aliphatic rings. The van der Waals surface area contributed by atoms with E-state index in [1.165, 1.54) is 64.7 Å². The minimum absolute atomic E-state index is 0.00491. The molecule has 0 radical (unpaired) electrons. The average Bonchev–Trinajstić information content (AvgIpc) is 3.32. The van der Waals surface area contributed by atoms with Gasteiger partial charge in [0, 0.05) is 26.4 Å². The molecule has 45 heavy (non-hydrogen) atoms. The van der Waals surface area contributed by atoms with Crippen molar-refractivity contribution >= 4 is 17.7 Å². The zero-order chi connectivity index (χ0) is 32.8. The minimum Gasteiger partial charge on any atom is -0.480 e. The number of nitrogens with one attached hydrogen (secondary N) is 1. The fourth-order valence-electron chi connectivity index (χ4n) is 10.4. The molecule has 8 atom stereocenters. The minimum atomic E-state index is -0.936. The molecule has 4 rings (SSSR count). The molecule has 0 heterocycles. The molecule has 3 unspecified atom stereocenters. The lowest BCUT2D eigenvalue weighted by molar-refractivity contribution is -0.139. The number of ether oxygens (including phenoxy) is 1. The van der Waals surface area contributed by atoms with Crippen molar-refractivity contribution in [3.05, 3.63) is 11.6 Å². The lowest BCUT2D eigenvalue weighted by Crippen LogP contribution is -2.51. The molecular formula is C38H64N2O5. The molecule has 0 spiro atoms. The van der Waals surface area contributed by atoms with Crippen LogP contribution in [0, 0.1) is 46.3 Å². The number of aliphatic carboxylic acids is 1. The van der Waals surface area contributed by atoms with Gasteiger partial charge in [-0.05, 0) is 104 Å². The zero-order valence-corrected chi connectivity index (χ0v) is 29.4. The molecule has 3 saturated carbocycles. The average molecular weight is 629 g/mol. The highest BCUT2D eigenvalue weighted by molar-refractivity contribution is 5.81. The first-order valence-electron chi connectivity index (χ1n) is 18.3. The van der Waals surface area contributed by atoms with Gasteiger partial charge in [-0.3, -0.25) is 19.3 Å². The molecule has 0 bridgehead atoms. The van der Waals surface area contributed by atoms with Crippen LogP contribution in [0.4, 0.5) is 0 Å². The number of carboxylic acid groups (broad SMARTS) is 1. The first-order chi connectivity index (χ1) is 21.3. The maximum absolute atomic E-state index is 12.5. The van der Waals surface area contributed by atoms with E-state index in [-0.39, 0.29) is 36.3 Å². The summed E-state index contributed by atoms with van der Waals surface area (Å²) in [6.07, 6.45) is 17.9. The van der Waals surface area contributed by atoms with Gasteiger partial charge in [0.2, 0.25) is 5.91 Å². The van der Waals surface area contributed by atoms with E-state index in [9.17, 15) is 19.5 Å². The predicted molar refractivity (Wildman–Crippen MR) is 180 cm³/mol. The lowest BCUT2D eigenvalue weighted by Gasteiger charge is -2.58. The van der Waals surface area contributed by atoms with Crippen LogP contribution < -0.4 is 5.32 Å². The predicted octanol–water partition coefficient (Wildman–Crippen LogP) is 7.29. The van der Waals surface area contributed by atoms with Crippen LogP contribution in [-0.4, -0.2) is 66.6 Å². The second kappa shape index (κ2) is 15.9. The van der Waals surface area contributed by atoms with Crippen LogP contribution in [0.15, 0.2) is 11.6 Å². The van der Waals surface area contributed by atoms with Gasteiger partial charge in [0.25, 0.3) is 0 Å². The third-order valence-electron chi connectivity index (χ3n) is 12.8. The number of carbonyl (C=O) groups excluding carboxylic acids is 2. The van der Waals surface area contributed by atoms with Crippen molar-refractivity contribution in [1.82, 2.24) is 10.2 Å². The Morgan fingerprint density at radius 1 is 1.02 bits per heavy atom. The molecule has 0 aromatic carbocycles. The normalized spacial score (nSPS) is 33.2. The van der Waals surface area contributed by atoms with E-state index in [0.29, 0.717) is 38.0 Å². The first kappa shape index (κ1) is 36.1. The summed E-state index contributed by atoms with van der Waals surface area (Å²) in [5, 5.41) is 12.1. The van der Waals surface area contributed by atoms with Gasteiger partial charge < -0.3 is 15.2 Å². The van der Waals surface area contributed by atoms with Gasteiger partial charge in [-0.25, -0.2) is 0 Å². The van der Waals surface area contributed by atoms with Crippen molar-refractivity contribution in [2.24, 2.45) is 46.3 Å². The lowest BCUT2D eigenvalue weighted by atomic mass is 9.47. The number of Topliss-reactive ketones (excluding diaryl/α,β-unsaturated/α-hetero) is 1. The van der Waals surface area contributed by atoms with E-state index in [0.717, 1.165) is 48.3 Å². The van der Waals surface area contributed by atoms with Crippen LogP contribution in [0.1, 0.15) is 125 Å². The van der Waals surface area contributed by atoms with Crippen LogP contribution in [0.3, 0.4) is 0 Å². The third-order valence-corrected chi connectivity index (χ3v) is 12.8. The van der Waals surface area contributed by atoms with E-state index in [4.69, 9.17) is 4.74 Å². The number of carboxylic acids is 1. The Morgan fingerprint density at radius 3 is 2.51 bits per heavy atom. The highest BCUT2D eigenvalue weighted by atomic mass is 16.5. The molecule has 4 aliphatic carbocycles. The summed E-state index contributed by atoms with van der Waals surface area (Å²) >= 11 is 0. The number of nitrogens with zero attached hydrogens (tertiary/aromatic N) is 1. The molecule has 0 aromatic heterocycles. The summed E-state index contributed by atoms with van der Waals surface area (Å²) in [5.74, 6) is 3.96. The van der Waals surface area contributed by atoms with Gasteiger partial charge in [0.15, 0.2) is 0 Å². The quantitative estimate of drug-likeness (QED) is 0.130. The summed E-state index contributed by atoms with van der Waals surface area (Å²) in [6, 6.07) is 0. The number of hydrogen-bond acceptors (Lipinski definition) is 5. The Labute approximate surface area is 273 Å². The zero-order valence-electron chi connectivity index (χ0n) is 29.4. The number of allylic oxidation sites excluding steroid dienone is 1.